The summed E-state index contributed by atoms with van der Waals surface area (Å²) in [7, 11) is 0. The highest BCUT2D eigenvalue weighted by atomic mass is 16.7. The zero-order valence-electron chi connectivity index (χ0n) is 14.0. The highest BCUT2D eigenvalue weighted by Gasteiger charge is 2.45. The van der Waals surface area contributed by atoms with E-state index >= 15 is 0 Å². The van der Waals surface area contributed by atoms with Crippen molar-refractivity contribution in [2.75, 3.05) is 26.4 Å². The molecule has 1 amide bonds. The van der Waals surface area contributed by atoms with Crippen LogP contribution >= 0.6 is 0 Å². The van der Waals surface area contributed by atoms with E-state index in [1.54, 1.807) is 0 Å². The number of hydrogen-bond donors (Lipinski definition) is 4. The molecule has 1 rings (SSSR count). The van der Waals surface area contributed by atoms with E-state index in [-0.39, 0.29) is 12.5 Å². The quantitative estimate of drug-likeness (QED) is 0.400. The predicted octanol–water partition coefficient (Wildman–Crippen LogP) is -0.991. The first-order chi connectivity index (χ1) is 10.9. The molecule has 1 saturated heterocycles. The normalized spacial score (nSPS) is 31.3. The average Bonchev–Trinajstić information content (AvgIpc) is 2.48. The summed E-state index contributed by atoms with van der Waals surface area (Å²) >= 11 is 0. The van der Waals surface area contributed by atoms with E-state index in [9.17, 15) is 20.1 Å². The zero-order chi connectivity index (χ0) is 17.4. The summed E-state index contributed by atoms with van der Waals surface area (Å²) in [4.78, 5) is 11.3. The molecule has 1 fully saturated rings. The molecule has 4 N–H and O–H groups in total. The third kappa shape index (κ3) is 6.70. The van der Waals surface area contributed by atoms with Gasteiger partial charge in [0.15, 0.2) is 6.29 Å². The van der Waals surface area contributed by atoms with Crippen molar-refractivity contribution in [1.82, 2.24) is 5.32 Å². The lowest BCUT2D eigenvalue weighted by atomic mass is 9.97. The monoisotopic (exact) mass is 335 g/mol. The fourth-order valence-electron chi connectivity index (χ4n) is 2.26. The first kappa shape index (κ1) is 20.3. The number of nitrogens with one attached hydrogen (secondary N) is 1. The van der Waals surface area contributed by atoms with Gasteiger partial charge in [-0.05, 0) is 12.3 Å². The van der Waals surface area contributed by atoms with Crippen LogP contribution in [0.2, 0.25) is 0 Å². The minimum absolute atomic E-state index is 0.208. The number of carbonyl (C=O) groups excluding carboxylic acids is 1. The van der Waals surface area contributed by atoms with Crippen molar-refractivity contribution in [2.24, 2.45) is 5.92 Å². The fraction of sp³-hybridized carbons (Fsp3) is 0.933. The molecule has 136 valence electrons. The second-order valence-electron chi connectivity index (χ2n) is 6.10. The van der Waals surface area contributed by atoms with Gasteiger partial charge in [0, 0.05) is 13.5 Å². The van der Waals surface area contributed by atoms with Crippen molar-refractivity contribution in [2.45, 2.75) is 57.8 Å². The number of hydrogen-bond acceptors (Lipinski definition) is 7. The van der Waals surface area contributed by atoms with E-state index in [2.05, 4.69) is 19.2 Å². The number of carbonyl (C=O) groups is 1. The number of ether oxygens (including phenoxy) is 3. The highest BCUT2D eigenvalue weighted by Crippen LogP contribution is 2.22. The lowest BCUT2D eigenvalue weighted by molar-refractivity contribution is -0.272. The Labute approximate surface area is 136 Å². The van der Waals surface area contributed by atoms with Crippen molar-refractivity contribution < 1.29 is 34.3 Å². The minimum Gasteiger partial charge on any atom is -0.394 e. The summed E-state index contributed by atoms with van der Waals surface area (Å²) < 4.78 is 16.4. The van der Waals surface area contributed by atoms with Crippen LogP contribution in [-0.4, -0.2) is 78.3 Å². The van der Waals surface area contributed by atoms with Crippen LogP contribution in [0.15, 0.2) is 0 Å². The van der Waals surface area contributed by atoms with E-state index < -0.39 is 37.3 Å². The molecule has 5 unspecified atom stereocenters. The van der Waals surface area contributed by atoms with Crippen molar-refractivity contribution in [3.63, 3.8) is 0 Å². The summed E-state index contributed by atoms with van der Waals surface area (Å²) in [6.07, 6.45) is -3.59. The first-order valence-corrected chi connectivity index (χ1v) is 7.95. The Morgan fingerprint density at radius 2 is 1.91 bits per heavy atom. The Morgan fingerprint density at radius 1 is 1.22 bits per heavy atom. The van der Waals surface area contributed by atoms with Gasteiger partial charge in [0.25, 0.3) is 0 Å². The van der Waals surface area contributed by atoms with Crippen LogP contribution in [0, 0.1) is 5.92 Å². The molecule has 1 aliphatic heterocycles. The Balaban J connectivity index is 2.48. The molecule has 0 spiro atoms. The summed E-state index contributed by atoms with van der Waals surface area (Å²) in [5, 5.41) is 31.7. The molecule has 0 aliphatic carbocycles. The predicted molar refractivity (Wildman–Crippen MR) is 81.6 cm³/mol. The highest BCUT2D eigenvalue weighted by molar-refractivity contribution is 5.73. The van der Waals surface area contributed by atoms with Crippen LogP contribution in [0.25, 0.3) is 0 Å². The van der Waals surface area contributed by atoms with Gasteiger partial charge in [0.2, 0.25) is 5.91 Å². The van der Waals surface area contributed by atoms with Gasteiger partial charge in [-0.3, -0.25) is 4.79 Å². The Kier molecular flexibility index (Phi) is 8.96. The van der Waals surface area contributed by atoms with Crippen molar-refractivity contribution in [3.05, 3.63) is 0 Å². The van der Waals surface area contributed by atoms with Crippen LogP contribution < -0.4 is 5.32 Å². The van der Waals surface area contributed by atoms with Crippen molar-refractivity contribution >= 4 is 5.91 Å². The van der Waals surface area contributed by atoms with Gasteiger partial charge in [-0.2, -0.15) is 0 Å². The molecular weight excluding hydrogens is 306 g/mol. The largest absolute Gasteiger partial charge is 0.394 e. The average molecular weight is 335 g/mol. The third-order valence-electron chi connectivity index (χ3n) is 3.60. The topological polar surface area (TPSA) is 117 Å². The summed E-state index contributed by atoms with van der Waals surface area (Å²) in [5.41, 5.74) is 0. The maximum absolute atomic E-state index is 11.3. The van der Waals surface area contributed by atoms with Gasteiger partial charge in [0.1, 0.15) is 24.4 Å². The molecule has 8 heteroatoms. The van der Waals surface area contributed by atoms with Crippen molar-refractivity contribution in [1.29, 1.82) is 0 Å². The lowest BCUT2D eigenvalue weighted by Crippen LogP contribution is -2.64. The SMILES string of the molecule is CC(=O)NC1C(OCCOCCC(C)C)OC(CO)C(O)C1O. The molecule has 0 aromatic carbocycles. The lowest BCUT2D eigenvalue weighted by Gasteiger charge is -2.42. The number of aliphatic hydroxyl groups is 3. The molecule has 1 aliphatic rings. The van der Waals surface area contributed by atoms with Gasteiger partial charge in [-0.25, -0.2) is 0 Å². The molecule has 23 heavy (non-hydrogen) atoms. The van der Waals surface area contributed by atoms with Gasteiger partial charge in [0.05, 0.1) is 19.8 Å². The molecule has 0 radical (unpaired) electrons. The third-order valence-corrected chi connectivity index (χ3v) is 3.60. The Bertz CT molecular complexity index is 353. The summed E-state index contributed by atoms with van der Waals surface area (Å²) in [6.45, 7) is 6.23. The smallest absolute Gasteiger partial charge is 0.217 e. The molecule has 0 aromatic rings. The second-order valence-corrected chi connectivity index (χ2v) is 6.10. The van der Waals surface area contributed by atoms with E-state index in [1.165, 1.54) is 6.92 Å². The van der Waals surface area contributed by atoms with E-state index in [0.29, 0.717) is 19.1 Å². The Hall–Kier alpha value is -0.770. The molecule has 5 atom stereocenters. The van der Waals surface area contributed by atoms with Crippen LogP contribution in [0.5, 0.6) is 0 Å². The van der Waals surface area contributed by atoms with Crippen LogP contribution in [0.4, 0.5) is 0 Å². The zero-order valence-corrected chi connectivity index (χ0v) is 14.0. The maximum atomic E-state index is 11.3. The molecule has 8 nitrogen and oxygen atoms in total. The molecule has 0 bridgehead atoms. The molecule has 0 saturated carbocycles. The molecule has 1 heterocycles. The maximum Gasteiger partial charge on any atom is 0.217 e. The first-order valence-electron chi connectivity index (χ1n) is 7.95. The molecular formula is C15H29NO7. The fourth-order valence-corrected chi connectivity index (χ4v) is 2.26. The summed E-state index contributed by atoms with van der Waals surface area (Å²) in [6, 6.07) is -0.916. The van der Waals surface area contributed by atoms with Gasteiger partial charge in [-0.15, -0.1) is 0 Å². The number of amides is 1. The van der Waals surface area contributed by atoms with Crippen LogP contribution in [0.1, 0.15) is 27.2 Å². The van der Waals surface area contributed by atoms with E-state index in [1.807, 2.05) is 0 Å². The number of aliphatic hydroxyl groups excluding tert-OH is 3. The van der Waals surface area contributed by atoms with Crippen LogP contribution in [-0.2, 0) is 19.0 Å². The van der Waals surface area contributed by atoms with Crippen molar-refractivity contribution in [3.8, 4) is 0 Å². The standard InChI is InChI=1S/C15H29NO7/c1-9(2)4-5-21-6-7-22-15-12(16-10(3)18)14(20)13(19)11(8-17)23-15/h9,11-15,17,19-20H,4-8H2,1-3H3,(H,16,18). The Morgan fingerprint density at radius 3 is 2.48 bits per heavy atom. The van der Waals surface area contributed by atoms with Gasteiger partial charge in [-0.1, -0.05) is 13.8 Å². The van der Waals surface area contributed by atoms with E-state index in [4.69, 9.17) is 14.2 Å². The van der Waals surface area contributed by atoms with E-state index in [0.717, 1.165) is 6.42 Å². The van der Waals surface area contributed by atoms with Gasteiger partial charge < -0.3 is 34.8 Å². The number of rotatable bonds is 9. The second kappa shape index (κ2) is 10.2. The minimum atomic E-state index is -1.31. The van der Waals surface area contributed by atoms with Gasteiger partial charge >= 0.3 is 0 Å². The molecule has 0 aromatic heterocycles. The van der Waals surface area contributed by atoms with Crippen LogP contribution in [0.3, 0.4) is 0 Å². The summed E-state index contributed by atoms with van der Waals surface area (Å²) in [5.74, 6) is 0.178.